The first-order valence-corrected chi connectivity index (χ1v) is 9.91. The lowest BCUT2D eigenvalue weighted by atomic mass is 9.77. The Morgan fingerprint density at radius 1 is 1.12 bits per heavy atom. The van der Waals surface area contributed by atoms with Crippen LogP contribution in [-0.4, -0.2) is 18.0 Å². The molecular formula is C22H27ClN2. The molecule has 1 atom stereocenters. The second kappa shape index (κ2) is 7.39. The first-order chi connectivity index (χ1) is 12.2. The van der Waals surface area contributed by atoms with Crippen molar-refractivity contribution in [3.8, 4) is 0 Å². The van der Waals surface area contributed by atoms with Crippen molar-refractivity contribution in [2.45, 2.75) is 45.2 Å². The molecule has 1 N–H and O–H groups in total. The van der Waals surface area contributed by atoms with Gasteiger partial charge in [-0.3, -0.25) is 4.90 Å². The number of hydrogen-bond donors (Lipinski definition) is 1. The molecule has 0 spiro atoms. The molecule has 0 amide bonds. The van der Waals surface area contributed by atoms with Gasteiger partial charge in [0.05, 0.1) is 6.04 Å². The maximum Gasteiger partial charge on any atom is 0.0542 e. The Balaban J connectivity index is 1.54. The Labute approximate surface area is 156 Å². The summed E-state index contributed by atoms with van der Waals surface area (Å²) in [6.07, 6.45) is 5.32. The fraction of sp³-hybridized carbons (Fsp3) is 0.455. The quantitative estimate of drug-likeness (QED) is 0.704. The summed E-state index contributed by atoms with van der Waals surface area (Å²) in [5, 5.41) is 4.69. The molecular weight excluding hydrogens is 328 g/mol. The predicted octanol–water partition coefficient (Wildman–Crippen LogP) is 5.81. The zero-order valence-corrected chi connectivity index (χ0v) is 15.7. The Hall–Kier alpha value is -1.51. The van der Waals surface area contributed by atoms with Crippen LogP contribution in [0.4, 0.5) is 5.69 Å². The van der Waals surface area contributed by atoms with Gasteiger partial charge in [0.2, 0.25) is 0 Å². The fourth-order valence-electron chi connectivity index (χ4n) is 3.84. The van der Waals surface area contributed by atoms with Crippen molar-refractivity contribution < 1.29 is 0 Å². The van der Waals surface area contributed by atoms with Crippen LogP contribution in [0.2, 0.25) is 5.02 Å². The van der Waals surface area contributed by atoms with Gasteiger partial charge in [0.1, 0.15) is 0 Å². The van der Waals surface area contributed by atoms with Gasteiger partial charge >= 0.3 is 0 Å². The van der Waals surface area contributed by atoms with Gasteiger partial charge in [0.25, 0.3) is 0 Å². The van der Waals surface area contributed by atoms with Gasteiger partial charge in [-0.15, -0.1) is 0 Å². The van der Waals surface area contributed by atoms with Crippen molar-refractivity contribution in [2.75, 3.05) is 18.4 Å². The summed E-state index contributed by atoms with van der Waals surface area (Å²) >= 11 is 6.24. The number of aryl methyl sites for hydroxylation is 1. The van der Waals surface area contributed by atoms with Crippen LogP contribution < -0.4 is 5.32 Å². The largest absolute Gasteiger partial charge is 0.378 e. The maximum absolute atomic E-state index is 6.24. The molecule has 2 fully saturated rings. The first kappa shape index (κ1) is 16.9. The Morgan fingerprint density at radius 2 is 1.96 bits per heavy atom. The molecule has 1 saturated heterocycles. The van der Waals surface area contributed by atoms with Crippen molar-refractivity contribution >= 4 is 17.3 Å². The molecule has 132 valence electrons. The van der Waals surface area contributed by atoms with Crippen LogP contribution >= 0.6 is 11.6 Å². The van der Waals surface area contributed by atoms with E-state index in [1.807, 2.05) is 6.07 Å². The van der Waals surface area contributed by atoms with Crippen LogP contribution in [0.3, 0.4) is 0 Å². The summed E-state index contributed by atoms with van der Waals surface area (Å²) in [6, 6.07) is 15.8. The number of anilines is 1. The molecule has 2 aromatic rings. The molecule has 25 heavy (non-hydrogen) atoms. The average molecular weight is 355 g/mol. The minimum Gasteiger partial charge on any atom is -0.378 e. The number of rotatable bonds is 6. The van der Waals surface area contributed by atoms with Crippen molar-refractivity contribution in [1.82, 2.24) is 4.90 Å². The van der Waals surface area contributed by atoms with E-state index < -0.39 is 0 Å². The van der Waals surface area contributed by atoms with E-state index in [2.05, 4.69) is 53.5 Å². The van der Waals surface area contributed by atoms with Gasteiger partial charge in [-0.1, -0.05) is 42.3 Å². The lowest BCUT2D eigenvalue weighted by molar-refractivity contribution is 0.172. The molecule has 0 aromatic heterocycles. The molecule has 1 heterocycles. The fourth-order valence-corrected chi connectivity index (χ4v) is 3.96. The van der Waals surface area contributed by atoms with Gasteiger partial charge in [-0.25, -0.2) is 0 Å². The third kappa shape index (κ3) is 3.86. The summed E-state index contributed by atoms with van der Waals surface area (Å²) in [5.74, 6) is 0.722. The van der Waals surface area contributed by atoms with E-state index in [1.165, 1.54) is 55.6 Å². The third-order valence-electron chi connectivity index (χ3n) is 5.77. The minimum atomic E-state index is 0.379. The molecule has 4 rings (SSSR count). The third-order valence-corrected chi connectivity index (χ3v) is 6.19. The number of nitrogens with one attached hydrogen (secondary N) is 1. The Morgan fingerprint density at radius 3 is 2.60 bits per heavy atom. The summed E-state index contributed by atoms with van der Waals surface area (Å²) in [6.45, 7) is 5.65. The van der Waals surface area contributed by atoms with E-state index in [4.69, 9.17) is 11.6 Å². The zero-order chi connectivity index (χ0) is 17.2. The molecule has 2 aromatic carbocycles. The van der Waals surface area contributed by atoms with Gasteiger partial charge in [0, 0.05) is 17.3 Å². The van der Waals surface area contributed by atoms with Crippen molar-refractivity contribution in [3.63, 3.8) is 0 Å². The van der Waals surface area contributed by atoms with Crippen LogP contribution in [0.15, 0.2) is 42.5 Å². The van der Waals surface area contributed by atoms with E-state index in [9.17, 15) is 0 Å². The summed E-state index contributed by atoms with van der Waals surface area (Å²) in [5.41, 5.74) is 5.17. The summed E-state index contributed by atoms with van der Waals surface area (Å²) in [7, 11) is 0. The Kier molecular flexibility index (Phi) is 5.00. The van der Waals surface area contributed by atoms with Crippen molar-refractivity contribution in [3.05, 3.63) is 64.2 Å². The molecule has 1 aliphatic heterocycles. The zero-order valence-electron chi connectivity index (χ0n) is 15.0. The van der Waals surface area contributed by atoms with Crippen molar-refractivity contribution in [2.24, 2.45) is 5.92 Å². The molecule has 2 nitrogen and oxygen atoms in total. The van der Waals surface area contributed by atoms with Crippen LogP contribution in [0.25, 0.3) is 0 Å². The highest BCUT2D eigenvalue weighted by Crippen LogP contribution is 2.40. The normalized spacial score (nSPS) is 19.1. The Bertz CT molecular complexity index is 735. The van der Waals surface area contributed by atoms with Gasteiger partial charge in [-0.05, 0) is 80.1 Å². The topological polar surface area (TPSA) is 15.3 Å². The van der Waals surface area contributed by atoms with E-state index in [0.29, 0.717) is 6.04 Å². The highest BCUT2D eigenvalue weighted by atomic mass is 35.5. The lowest BCUT2D eigenvalue weighted by Crippen LogP contribution is -2.36. The number of likely N-dealkylation sites (tertiary alicyclic amines) is 1. The van der Waals surface area contributed by atoms with E-state index in [1.54, 1.807) is 0 Å². The maximum atomic E-state index is 6.24. The van der Waals surface area contributed by atoms with Crippen LogP contribution in [-0.2, 0) is 6.54 Å². The van der Waals surface area contributed by atoms with E-state index in [0.717, 1.165) is 23.0 Å². The first-order valence-electron chi connectivity index (χ1n) is 9.53. The molecule has 3 heteroatoms. The molecule has 2 aliphatic rings. The van der Waals surface area contributed by atoms with Gasteiger partial charge < -0.3 is 5.32 Å². The highest BCUT2D eigenvalue weighted by Gasteiger charge is 2.28. The van der Waals surface area contributed by atoms with Gasteiger partial charge in [0.15, 0.2) is 0 Å². The molecule has 0 radical (unpaired) electrons. The van der Waals surface area contributed by atoms with Crippen LogP contribution in [0.5, 0.6) is 0 Å². The second-order valence-corrected chi connectivity index (χ2v) is 8.06. The smallest absolute Gasteiger partial charge is 0.0542 e. The minimum absolute atomic E-state index is 0.379. The molecule has 1 aliphatic carbocycles. The standard InChI is InChI=1S/C22H27ClN2/c1-16-13-19(9-10-21(16)23)22(18-6-3-7-18)24-20-8-2-5-17(14-20)15-25-11-4-12-25/h2,5,8-10,13-14,18,22,24H,3-4,6-7,11-12,15H2,1H3/t22-/m0/s1. The molecule has 0 bridgehead atoms. The second-order valence-electron chi connectivity index (χ2n) is 7.65. The summed E-state index contributed by atoms with van der Waals surface area (Å²) in [4.78, 5) is 2.51. The number of nitrogens with zero attached hydrogens (tertiary/aromatic N) is 1. The molecule has 1 saturated carbocycles. The predicted molar refractivity (Wildman–Crippen MR) is 106 cm³/mol. The average Bonchev–Trinajstić information content (AvgIpc) is 2.52. The number of hydrogen-bond acceptors (Lipinski definition) is 2. The monoisotopic (exact) mass is 354 g/mol. The van der Waals surface area contributed by atoms with E-state index in [-0.39, 0.29) is 0 Å². The number of benzene rings is 2. The lowest BCUT2D eigenvalue weighted by Gasteiger charge is -2.36. The van der Waals surface area contributed by atoms with E-state index >= 15 is 0 Å². The number of halogens is 1. The van der Waals surface area contributed by atoms with Crippen molar-refractivity contribution in [1.29, 1.82) is 0 Å². The SMILES string of the molecule is Cc1cc([C@@H](Nc2cccc(CN3CCC3)c2)C2CCC2)ccc1Cl. The van der Waals surface area contributed by atoms with Crippen LogP contribution in [0, 0.1) is 12.8 Å². The highest BCUT2D eigenvalue weighted by molar-refractivity contribution is 6.31. The molecule has 0 unspecified atom stereocenters. The van der Waals surface area contributed by atoms with Gasteiger partial charge in [-0.2, -0.15) is 0 Å². The summed E-state index contributed by atoms with van der Waals surface area (Å²) < 4.78 is 0. The van der Waals surface area contributed by atoms with Crippen LogP contribution in [0.1, 0.15) is 48.4 Å².